The Kier molecular flexibility index (Phi) is 9.13. The van der Waals surface area contributed by atoms with Gasteiger partial charge < -0.3 is 15.0 Å². The number of methoxy groups -OCH3 is 1. The minimum atomic E-state index is 0.484. The molecule has 0 fully saturated rings. The molecule has 0 bridgehead atoms. The number of thiocarbonyl (C=S) groups is 1. The zero-order chi connectivity index (χ0) is 11.5. The van der Waals surface area contributed by atoms with Gasteiger partial charge in [0.15, 0.2) is 5.11 Å². The second-order valence-electron chi connectivity index (χ2n) is 3.12. The minimum Gasteiger partial charge on any atom is -0.383 e. The molecule has 0 atom stereocenters. The van der Waals surface area contributed by atoms with Crippen LogP contribution in [0.25, 0.3) is 0 Å². The first-order valence-corrected chi connectivity index (χ1v) is 5.55. The first-order valence-electron chi connectivity index (χ1n) is 5.14. The second kappa shape index (κ2) is 9.69. The first kappa shape index (κ1) is 14.1. The molecule has 0 aromatic rings. The van der Waals surface area contributed by atoms with E-state index in [0.717, 1.165) is 19.5 Å². The van der Waals surface area contributed by atoms with Crippen LogP contribution in [0.5, 0.6) is 0 Å². The molecule has 0 saturated heterocycles. The molecule has 0 aromatic heterocycles. The summed E-state index contributed by atoms with van der Waals surface area (Å²) in [6.07, 6.45) is 1.52. The van der Waals surface area contributed by atoms with E-state index in [9.17, 15) is 0 Å². The van der Waals surface area contributed by atoms with Crippen molar-refractivity contribution < 1.29 is 4.74 Å². The van der Waals surface area contributed by atoms with Crippen LogP contribution >= 0.6 is 12.2 Å². The number of hydrogen-bond acceptors (Lipinski definition) is 3. The summed E-state index contributed by atoms with van der Waals surface area (Å²) < 4.78 is 4.99. The summed E-state index contributed by atoms with van der Waals surface area (Å²) in [6, 6.07) is 2.12. The van der Waals surface area contributed by atoms with Crippen LogP contribution in [0.3, 0.4) is 0 Å². The fourth-order valence-electron chi connectivity index (χ4n) is 1.05. The van der Waals surface area contributed by atoms with Crippen molar-refractivity contribution in [3.63, 3.8) is 0 Å². The Bertz CT molecular complexity index is 215. The molecule has 15 heavy (non-hydrogen) atoms. The average molecular weight is 229 g/mol. The molecule has 0 saturated carbocycles. The third-order valence-electron chi connectivity index (χ3n) is 1.87. The molecule has 0 unspecified atom stereocenters. The van der Waals surface area contributed by atoms with Crippen LogP contribution in [-0.2, 0) is 4.74 Å². The molecule has 4 nitrogen and oxygen atoms in total. The number of hydrogen-bond donors (Lipinski definition) is 1. The van der Waals surface area contributed by atoms with Gasteiger partial charge in [-0.25, -0.2) is 0 Å². The predicted molar refractivity (Wildman–Crippen MR) is 64.6 cm³/mol. The first-order chi connectivity index (χ1) is 7.26. The molecule has 5 heteroatoms. The maximum absolute atomic E-state index is 8.53. The van der Waals surface area contributed by atoms with E-state index in [1.165, 1.54) is 0 Å². The standard InChI is InChI=1S/C10H19N3OS/c1-3-6-12-10(15)13(7-4-5-11)8-9-14-2/h3-4,6-9H2,1-2H3,(H,12,15). The SMILES string of the molecule is CCCNC(=S)N(CCC#N)CCOC. The lowest BCUT2D eigenvalue weighted by molar-refractivity contribution is 0.176. The maximum Gasteiger partial charge on any atom is 0.169 e. The Morgan fingerprint density at radius 1 is 1.53 bits per heavy atom. The van der Waals surface area contributed by atoms with Crippen LogP contribution in [0.4, 0.5) is 0 Å². The molecule has 0 spiro atoms. The van der Waals surface area contributed by atoms with E-state index in [1.807, 2.05) is 4.90 Å². The number of nitriles is 1. The van der Waals surface area contributed by atoms with Crippen molar-refractivity contribution in [1.82, 2.24) is 10.2 Å². The summed E-state index contributed by atoms with van der Waals surface area (Å²) in [4.78, 5) is 1.97. The molecule has 0 amide bonds. The van der Waals surface area contributed by atoms with Crippen LogP contribution in [0.15, 0.2) is 0 Å². The number of ether oxygens (including phenoxy) is 1. The van der Waals surface area contributed by atoms with E-state index in [0.29, 0.717) is 24.7 Å². The van der Waals surface area contributed by atoms with Gasteiger partial charge in [-0.15, -0.1) is 0 Å². The van der Waals surface area contributed by atoms with Crippen molar-refractivity contribution in [2.75, 3.05) is 33.4 Å². The van der Waals surface area contributed by atoms with Gasteiger partial charge in [-0.1, -0.05) is 6.92 Å². The molecule has 0 radical (unpaired) electrons. The normalized spacial score (nSPS) is 9.40. The summed E-state index contributed by atoms with van der Waals surface area (Å²) in [7, 11) is 1.66. The second-order valence-corrected chi connectivity index (χ2v) is 3.51. The van der Waals surface area contributed by atoms with Gasteiger partial charge in [0.25, 0.3) is 0 Å². The fourth-order valence-corrected chi connectivity index (χ4v) is 1.33. The van der Waals surface area contributed by atoms with Gasteiger partial charge in [0.1, 0.15) is 0 Å². The predicted octanol–water partition coefficient (Wildman–Crippen LogP) is 1.13. The Morgan fingerprint density at radius 3 is 2.80 bits per heavy atom. The molecular formula is C10H19N3OS. The largest absolute Gasteiger partial charge is 0.383 e. The number of nitrogens with one attached hydrogen (secondary N) is 1. The molecule has 1 N–H and O–H groups in total. The van der Waals surface area contributed by atoms with Gasteiger partial charge in [-0.3, -0.25) is 0 Å². The lowest BCUT2D eigenvalue weighted by Crippen LogP contribution is -2.42. The summed E-state index contributed by atoms with van der Waals surface area (Å²) >= 11 is 5.22. The number of rotatable bonds is 7. The molecular weight excluding hydrogens is 210 g/mol. The monoisotopic (exact) mass is 229 g/mol. The van der Waals surface area contributed by atoms with Crippen molar-refractivity contribution >= 4 is 17.3 Å². The highest BCUT2D eigenvalue weighted by Crippen LogP contribution is 1.93. The van der Waals surface area contributed by atoms with Crippen LogP contribution in [0, 0.1) is 11.3 Å². The summed E-state index contributed by atoms with van der Waals surface area (Å²) in [5.74, 6) is 0. The average Bonchev–Trinajstić information content (AvgIpc) is 2.26. The topological polar surface area (TPSA) is 48.3 Å². The van der Waals surface area contributed by atoms with Gasteiger partial charge in [0.05, 0.1) is 19.1 Å². The fraction of sp³-hybridized carbons (Fsp3) is 0.800. The van der Waals surface area contributed by atoms with Gasteiger partial charge in [-0.05, 0) is 18.6 Å². The molecule has 0 rings (SSSR count). The Hall–Kier alpha value is -0.860. The smallest absolute Gasteiger partial charge is 0.169 e. The van der Waals surface area contributed by atoms with Crippen molar-refractivity contribution in [3.8, 4) is 6.07 Å². The van der Waals surface area contributed by atoms with E-state index >= 15 is 0 Å². The number of nitrogens with zero attached hydrogens (tertiary/aromatic N) is 2. The van der Waals surface area contributed by atoms with Crippen LogP contribution in [0.2, 0.25) is 0 Å². The van der Waals surface area contributed by atoms with E-state index < -0.39 is 0 Å². The quantitative estimate of drug-likeness (QED) is 0.663. The lowest BCUT2D eigenvalue weighted by Gasteiger charge is -2.24. The highest BCUT2D eigenvalue weighted by molar-refractivity contribution is 7.80. The summed E-state index contributed by atoms with van der Waals surface area (Å²) in [5, 5.41) is 12.4. The highest BCUT2D eigenvalue weighted by atomic mass is 32.1. The van der Waals surface area contributed by atoms with E-state index in [4.69, 9.17) is 22.2 Å². The third-order valence-corrected chi connectivity index (χ3v) is 2.27. The van der Waals surface area contributed by atoms with Crippen molar-refractivity contribution in [2.45, 2.75) is 19.8 Å². The molecule has 0 aliphatic carbocycles. The highest BCUT2D eigenvalue weighted by Gasteiger charge is 2.07. The Morgan fingerprint density at radius 2 is 2.27 bits per heavy atom. The van der Waals surface area contributed by atoms with Crippen LogP contribution in [0.1, 0.15) is 19.8 Å². The van der Waals surface area contributed by atoms with E-state index in [-0.39, 0.29) is 0 Å². The minimum absolute atomic E-state index is 0.484. The summed E-state index contributed by atoms with van der Waals surface area (Å²) in [6.45, 7) is 4.97. The Balaban J connectivity index is 3.97. The lowest BCUT2D eigenvalue weighted by atomic mass is 10.4. The van der Waals surface area contributed by atoms with Crippen molar-refractivity contribution in [1.29, 1.82) is 5.26 Å². The van der Waals surface area contributed by atoms with Crippen molar-refractivity contribution in [3.05, 3.63) is 0 Å². The maximum atomic E-state index is 8.53. The molecule has 86 valence electrons. The van der Waals surface area contributed by atoms with Crippen LogP contribution in [-0.4, -0.2) is 43.4 Å². The molecule has 0 heterocycles. The van der Waals surface area contributed by atoms with Gasteiger partial charge in [0.2, 0.25) is 0 Å². The zero-order valence-corrected chi connectivity index (χ0v) is 10.3. The van der Waals surface area contributed by atoms with Gasteiger partial charge in [-0.2, -0.15) is 5.26 Å². The molecule has 0 aliphatic heterocycles. The summed E-state index contributed by atoms with van der Waals surface area (Å²) in [5.41, 5.74) is 0. The Labute approximate surface area is 97.2 Å². The molecule has 0 aromatic carbocycles. The zero-order valence-electron chi connectivity index (χ0n) is 9.45. The van der Waals surface area contributed by atoms with E-state index in [1.54, 1.807) is 7.11 Å². The van der Waals surface area contributed by atoms with Gasteiger partial charge in [0, 0.05) is 26.7 Å². The third kappa shape index (κ3) is 7.11. The van der Waals surface area contributed by atoms with Gasteiger partial charge >= 0.3 is 0 Å². The van der Waals surface area contributed by atoms with Crippen LogP contribution < -0.4 is 5.32 Å². The van der Waals surface area contributed by atoms with E-state index in [2.05, 4.69) is 18.3 Å². The molecule has 0 aliphatic rings. The van der Waals surface area contributed by atoms with Crippen molar-refractivity contribution in [2.24, 2.45) is 0 Å².